The van der Waals surface area contributed by atoms with E-state index in [1.54, 1.807) is 12.4 Å². The minimum Gasteiger partial charge on any atom is -0.358 e. The second kappa shape index (κ2) is 4.95. The lowest BCUT2D eigenvalue weighted by Crippen LogP contribution is -2.04. The fourth-order valence-corrected chi connectivity index (χ4v) is 0.985. The van der Waals surface area contributed by atoms with Gasteiger partial charge >= 0.3 is 0 Å². The summed E-state index contributed by atoms with van der Waals surface area (Å²) in [6, 6.07) is 0. The van der Waals surface area contributed by atoms with Crippen molar-refractivity contribution in [2.75, 3.05) is 6.61 Å². The Balaban J connectivity index is 2.62. The van der Waals surface area contributed by atoms with Crippen molar-refractivity contribution in [1.82, 2.24) is 9.97 Å². The summed E-state index contributed by atoms with van der Waals surface area (Å²) in [6.45, 7) is 2.14. The first-order valence-electron chi connectivity index (χ1n) is 3.76. The van der Waals surface area contributed by atoms with E-state index in [2.05, 4.69) is 31.8 Å². The number of hydrogen-bond acceptors (Lipinski definition) is 3. The minimum absolute atomic E-state index is 0.163. The highest BCUT2D eigenvalue weighted by atomic mass is 79.9. The molecule has 68 valence electrons. The molecule has 3 nitrogen and oxygen atoms in total. The Morgan fingerprint density at radius 2 is 2.23 bits per heavy atom. The van der Waals surface area contributed by atoms with Crippen molar-refractivity contribution < 1.29 is 4.74 Å². The molecule has 1 aromatic heterocycles. The van der Waals surface area contributed by atoms with Crippen molar-refractivity contribution in [1.29, 1.82) is 0 Å². The van der Waals surface area contributed by atoms with Crippen LogP contribution in [0.5, 0.6) is 0 Å². The van der Waals surface area contributed by atoms with Crippen molar-refractivity contribution in [2.24, 2.45) is 0 Å². The summed E-state index contributed by atoms with van der Waals surface area (Å²) in [6.07, 6.45) is 8.25. The van der Waals surface area contributed by atoms with Gasteiger partial charge in [-0.3, -0.25) is 0 Å². The zero-order valence-corrected chi connectivity index (χ0v) is 8.78. The molecule has 0 N–H and O–H groups in total. The van der Waals surface area contributed by atoms with Crippen LogP contribution in [0.1, 0.15) is 18.9 Å². The van der Waals surface area contributed by atoms with Gasteiger partial charge in [-0.2, -0.15) is 0 Å². The fraction of sp³-hybridized carbons (Fsp3) is 0.333. The standard InChI is InChI=1S/C9H9BrN2O/c1-3-4-13-7(2)9-11-5-8(10)6-12-9/h1,5-7H,4H2,2H3. The van der Waals surface area contributed by atoms with Gasteiger partial charge in [0.2, 0.25) is 0 Å². The maximum atomic E-state index is 5.24. The van der Waals surface area contributed by atoms with Crippen molar-refractivity contribution in [2.45, 2.75) is 13.0 Å². The molecule has 0 aromatic carbocycles. The molecule has 1 rings (SSSR count). The summed E-state index contributed by atoms with van der Waals surface area (Å²) < 4.78 is 6.09. The maximum absolute atomic E-state index is 5.24. The SMILES string of the molecule is C#CCOC(C)c1ncc(Br)cn1. The molecular weight excluding hydrogens is 232 g/mol. The predicted molar refractivity (Wildman–Crippen MR) is 52.9 cm³/mol. The molecule has 0 saturated heterocycles. The van der Waals surface area contributed by atoms with Crippen molar-refractivity contribution >= 4 is 15.9 Å². The zero-order chi connectivity index (χ0) is 9.68. The lowest BCUT2D eigenvalue weighted by atomic mass is 10.4. The number of ether oxygens (including phenoxy) is 1. The van der Waals surface area contributed by atoms with Crippen LogP contribution in [0.25, 0.3) is 0 Å². The number of nitrogens with zero attached hydrogens (tertiary/aromatic N) is 2. The summed E-state index contributed by atoms with van der Waals surface area (Å²) in [5, 5.41) is 0. The van der Waals surface area contributed by atoms with E-state index in [1.807, 2.05) is 6.92 Å². The highest BCUT2D eigenvalue weighted by molar-refractivity contribution is 9.10. The van der Waals surface area contributed by atoms with E-state index in [0.29, 0.717) is 5.82 Å². The van der Waals surface area contributed by atoms with E-state index in [-0.39, 0.29) is 12.7 Å². The lowest BCUT2D eigenvalue weighted by molar-refractivity contribution is 0.0858. The number of halogens is 1. The molecule has 0 radical (unpaired) electrons. The lowest BCUT2D eigenvalue weighted by Gasteiger charge is -2.08. The molecule has 4 heteroatoms. The Labute approximate surface area is 85.7 Å². The van der Waals surface area contributed by atoms with Crippen molar-refractivity contribution in [3.63, 3.8) is 0 Å². The normalized spacial score (nSPS) is 12.1. The average molecular weight is 241 g/mol. The van der Waals surface area contributed by atoms with E-state index in [0.717, 1.165) is 4.47 Å². The molecule has 0 amide bonds. The first-order valence-corrected chi connectivity index (χ1v) is 4.56. The maximum Gasteiger partial charge on any atom is 0.156 e. The molecule has 1 unspecified atom stereocenters. The third-order valence-electron chi connectivity index (χ3n) is 1.42. The van der Waals surface area contributed by atoms with Crippen LogP contribution in [0.15, 0.2) is 16.9 Å². The summed E-state index contributed by atoms with van der Waals surface area (Å²) in [5.41, 5.74) is 0. The molecule has 0 bridgehead atoms. The number of terminal acetylenes is 1. The second-order valence-electron chi connectivity index (χ2n) is 2.42. The molecule has 1 aromatic rings. The van der Waals surface area contributed by atoms with Gasteiger partial charge in [0.25, 0.3) is 0 Å². The largest absolute Gasteiger partial charge is 0.358 e. The highest BCUT2D eigenvalue weighted by Gasteiger charge is 2.07. The predicted octanol–water partition coefficient (Wildman–Crippen LogP) is 1.95. The Morgan fingerprint density at radius 1 is 1.62 bits per heavy atom. The molecular formula is C9H9BrN2O. The van der Waals surface area contributed by atoms with Crippen LogP contribution in [-0.2, 0) is 4.74 Å². The monoisotopic (exact) mass is 240 g/mol. The molecule has 0 aliphatic carbocycles. The molecule has 0 spiro atoms. The van der Waals surface area contributed by atoms with E-state index in [9.17, 15) is 0 Å². The van der Waals surface area contributed by atoms with Gasteiger partial charge in [-0.1, -0.05) is 5.92 Å². The second-order valence-corrected chi connectivity index (χ2v) is 3.33. The molecule has 0 saturated carbocycles. The van der Waals surface area contributed by atoms with Gasteiger partial charge in [-0.15, -0.1) is 6.42 Å². The smallest absolute Gasteiger partial charge is 0.156 e. The summed E-state index contributed by atoms with van der Waals surface area (Å²) in [5.74, 6) is 3.03. The third-order valence-corrected chi connectivity index (χ3v) is 1.83. The summed E-state index contributed by atoms with van der Waals surface area (Å²) >= 11 is 3.25. The van der Waals surface area contributed by atoms with E-state index < -0.39 is 0 Å². The highest BCUT2D eigenvalue weighted by Crippen LogP contribution is 2.12. The number of hydrogen-bond donors (Lipinski definition) is 0. The molecule has 0 aliphatic rings. The molecule has 1 heterocycles. The van der Waals surface area contributed by atoms with Crippen molar-refractivity contribution in [3.05, 3.63) is 22.7 Å². The first kappa shape index (κ1) is 10.2. The third kappa shape index (κ3) is 3.13. The summed E-state index contributed by atoms with van der Waals surface area (Å²) in [4.78, 5) is 8.16. The number of aromatic nitrogens is 2. The first-order chi connectivity index (χ1) is 6.24. The van der Waals surface area contributed by atoms with Gasteiger partial charge in [0, 0.05) is 12.4 Å². The van der Waals surface area contributed by atoms with Crippen LogP contribution < -0.4 is 0 Å². The Kier molecular flexibility index (Phi) is 3.87. The van der Waals surface area contributed by atoms with Crippen LogP contribution in [0, 0.1) is 12.3 Å². The summed E-state index contributed by atoms with van der Waals surface area (Å²) in [7, 11) is 0. The van der Waals surface area contributed by atoms with Gasteiger partial charge < -0.3 is 4.74 Å². The van der Waals surface area contributed by atoms with Gasteiger partial charge in [0.1, 0.15) is 12.7 Å². The van der Waals surface area contributed by atoms with Crippen LogP contribution in [-0.4, -0.2) is 16.6 Å². The average Bonchev–Trinajstić information content (AvgIpc) is 2.15. The van der Waals surface area contributed by atoms with E-state index >= 15 is 0 Å². The topological polar surface area (TPSA) is 35.0 Å². The van der Waals surface area contributed by atoms with Crippen LogP contribution in [0.4, 0.5) is 0 Å². The van der Waals surface area contributed by atoms with Gasteiger partial charge in [0.15, 0.2) is 5.82 Å². The van der Waals surface area contributed by atoms with Crippen LogP contribution in [0.2, 0.25) is 0 Å². The number of rotatable bonds is 3. The van der Waals surface area contributed by atoms with Crippen molar-refractivity contribution in [3.8, 4) is 12.3 Å². The molecule has 1 atom stereocenters. The Hall–Kier alpha value is -0.920. The Bertz CT molecular complexity index is 304. The molecule has 0 fully saturated rings. The quantitative estimate of drug-likeness (QED) is 0.758. The zero-order valence-electron chi connectivity index (χ0n) is 7.20. The fourth-order valence-electron chi connectivity index (χ4n) is 0.780. The Morgan fingerprint density at radius 3 is 2.77 bits per heavy atom. The molecule has 13 heavy (non-hydrogen) atoms. The van der Waals surface area contributed by atoms with Crippen LogP contribution in [0.3, 0.4) is 0 Å². The molecule has 0 aliphatic heterocycles. The van der Waals surface area contributed by atoms with Crippen LogP contribution >= 0.6 is 15.9 Å². The van der Waals surface area contributed by atoms with E-state index in [1.165, 1.54) is 0 Å². The van der Waals surface area contributed by atoms with Gasteiger partial charge in [0.05, 0.1) is 4.47 Å². The van der Waals surface area contributed by atoms with Gasteiger partial charge in [-0.05, 0) is 22.9 Å². The van der Waals surface area contributed by atoms with E-state index in [4.69, 9.17) is 11.2 Å². The van der Waals surface area contributed by atoms with Gasteiger partial charge in [-0.25, -0.2) is 9.97 Å². The minimum atomic E-state index is -0.163.